The summed E-state index contributed by atoms with van der Waals surface area (Å²) in [5.74, 6) is -1.93. The molecule has 1 aromatic heterocycles. The molecule has 28 heavy (non-hydrogen) atoms. The molecule has 1 aliphatic heterocycles. The van der Waals surface area contributed by atoms with Gasteiger partial charge in [-0.15, -0.1) is 0 Å². The molecule has 144 valence electrons. The Balaban J connectivity index is 1.81. The number of carbonyl (C=O) groups excluding carboxylic acids is 1. The van der Waals surface area contributed by atoms with Gasteiger partial charge in [0.1, 0.15) is 11.6 Å². The average Bonchev–Trinajstić information content (AvgIpc) is 3.08. The zero-order valence-electron chi connectivity index (χ0n) is 14.1. The molecule has 0 atom stereocenters. The summed E-state index contributed by atoms with van der Waals surface area (Å²) < 4.78 is 39.5. The Bertz CT molecular complexity index is 1190. The molecule has 10 heteroatoms. The van der Waals surface area contributed by atoms with Crippen molar-refractivity contribution < 1.29 is 17.6 Å². The van der Waals surface area contributed by atoms with Gasteiger partial charge < -0.3 is 5.32 Å². The normalized spacial score (nSPS) is 14.7. The van der Waals surface area contributed by atoms with Crippen LogP contribution in [0.5, 0.6) is 0 Å². The number of halogens is 3. The van der Waals surface area contributed by atoms with Gasteiger partial charge in [-0.25, -0.2) is 17.5 Å². The Kier molecular flexibility index (Phi) is 4.65. The minimum absolute atomic E-state index is 0.0562. The van der Waals surface area contributed by atoms with E-state index < -0.39 is 21.6 Å². The van der Waals surface area contributed by atoms with E-state index >= 15 is 0 Å². The Hall–Kier alpha value is -2.42. The summed E-state index contributed by atoms with van der Waals surface area (Å²) in [7, 11) is -3.36. The molecule has 1 aliphatic rings. The van der Waals surface area contributed by atoms with Gasteiger partial charge in [0.25, 0.3) is 5.91 Å². The molecule has 1 N–H and O–H groups in total. The number of carbonyl (C=O) groups is 1. The number of benzene rings is 2. The molecule has 0 radical (unpaired) electrons. The van der Waals surface area contributed by atoms with E-state index in [1.807, 2.05) is 0 Å². The van der Waals surface area contributed by atoms with Crippen LogP contribution < -0.4 is 5.32 Å². The fourth-order valence-electron chi connectivity index (χ4n) is 3.02. The van der Waals surface area contributed by atoms with Crippen molar-refractivity contribution in [3.05, 3.63) is 75.1 Å². The predicted molar refractivity (Wildman–Crippen MR) is 104 cm³/mol. The molecule has 0 fully saturated rings. The van der Waals surface area contributed by atoms with Crippen molar-refractivity contribution >= 4 is 44.8 Å². The fourth-order valence-corrected chi connectivity index (χ4v) is 4.89. The molecular weight excluding hydrogens is 428 g/mol. The number of hydrogen-bond acceptors (Lipinski definition) is 4. The summed E-state index contributed by atoms with van der Waals surface area (Å²) in [6.07, 6.45) is 0. The first-order chi connectivity index (χ1) is 13.2. The van der Waals surface area contributed by atoms with Gasteiger partial charge in [-0.3, -0.25) is 4.79 Å². The van der Waals surface area contributed by atoms with Crippen LogP contribution in [0.1, 0.15) is 21.6 Å². The summed E-state index contributed by atoms with van der Waals surface area (Å²) in [5.41, 5.74) is 0.939. The number of sulfone groups is 1. The number of hydrogen-bond donors (Lipinski definition) is 1. The first-order valence-corrected chi connectivity index (χ1v) is 10.7. The number of amides is 1. The number of nitrogens with one attached hydrogen (secondary N) is 1. The van der Waals surface area contributed by atoms with Crippen LogP contribution in [0, 0.1) is 5.82 Å². The maximum atomic E-state index is 14.1. The molecule has 0 bridgehead atoms. The van der Waals surface area contributed by atoms with Crippen molar-refractivity contribution in [2.75, 3.05) is 5.32 Å². The monoisotopic (exact) mass is 439 g/mol. The minimum Gasteiger partial charge on any atom is -0.306 e. The molecular formula is C18H12Cl2FN3O3S. The SMILES string of the molecule is O=C(Nc1c2c(nn1-c1ccc(Cl)cc1)CS(=O)(=O)C2)c1c(F)cccc1Cl. The number of anilines is 1. The molecule has 0 spiro atoms. The van der Waals surface area contributed by atoms with Gasteiger partial charge in [-0.05, 0) is 36.4 Å². The van der Waals surface area contributed by atoms with Crippen LogP contribution >= 0.6 is 23.2 Å². The van der Waals surface area contributed by atoms with Crippen molar-refractivity contribution in [1.82, 2.24) is 9.78 Å². The molecule has 2 aromatic carbocycles. The highest BCUT2D eigenvalue weighted by molar-refractivity contribution is 7.90. The van der Waals surface area contributed by atoms with Crippen LogP contribution in [0.25, 0.3) is 5.69 Å². The third-order valence-corrected chi connectivity index (χ3v) is 6.29. The Morgan fingerprint density at radius 1 is 1.11 bits per heavy atom. The second-order valence-electron chi connectivity index (χ2n) is 6.25. The van der Waals surface area contributed by atoms with Gasteiger partial charge in [0, 0.05) is 10.6 Å². The molecule has 0 saturated heterocycles. The smallest absolute Gasteiger partial charge is 0.261 e. The first-order valence-electron chi connectivity index (χ1n) is 8.08. The minimum atomic E-state index is -3.36. The van der Waals surface area contributed by atoms with Crippen LogP contribution in [0.2, 0.25) is 10.0 Å². The zero-order valence-corrected chi connectivity index (χ0v) is 16.4. The van der Waals surface area contributed by atoms with Crippen LogP contribution in [0.4, 0.5) is 10.2 Å². The average molecular weight is 440 g/mol. The molecule has 2 heterocycles. The topological polar surface area (TPSA) is 81.1 Å². The van der Waals surface area contributed by atoms with Gasteiger partial charge in [-0.1, -0.05) is 29.3 Å². The summed E-state index contributed by atoms with van der Waals surface area (Å²) in [5, 5.41) is 7.36. The van der Waals surface area contributed by atoms with Gasteiger partial charge in [-0.2, -0.15) is 5.10 Å². The highest BCUT2D eigenvalue weighted by atomic mass is 35.5. The first kappa shape index (κ1) is 18.9. The number of fused-ring (bicyclic) bond motifs is 1. The summed E-state index contributed by atoms with van der Waals surface area (Å²) in [6.45, 7) is 0. The fraction of sp³-hybridized carbons (Fsp3) is 0.111. The van der Waals surface area contributed by atoms with E-state index in [4.69, 9.17) is 23.2 Å². The lowest BCUT2D eigenvalue weighted by molar-refractivity contribution is 0.102. The van der Waals surface area contributed by atoms with Crippen LogP contribution in [-0.2, 0) is 21.3 Å². The van der Waals surface area contributed by atoms with E-state index in [1.54, 1.807) is 24.3 Å². The van der Waals surface area contributed by atoms with E-state index in [1.165, 1.54) is 16.8 Å². The van der Waals surface area contributed by atoms with Gasteiger partial charge in [0.2, 0.25) is 0 Å². The quantitative estimate of drug-likeness (QED) is 0.668. The van der Waals surface area contributed by atoms with Crippen LogP contribution in [-0.4, -0.2) is 24.1 Å². The van der Waals surface area contributed by atoms with Gasteiger partial charge in [0.05, 0.1) is 33.5 Å². The molecule has 0 saturated carbocycles. The van der Waals surface area contributed by atoms with Crippen LogP contribution in [0.15, 0.2) is 42.5 Å². The lowest BCUT2D eigenvalue weighted by Crippen LogP contribution is -2.18. The standard InChI is InChI=1S/C18H12Cl2FN3O3S/c19-10-4-6-11(7-5-10)24-17(12-8-28(26,27)9-15(12)23-24)22-18(25)16-13(20)2-1-3-14(16)21/h1-7H,8-9H2,(H,22,25). The van der Waals surface area contributed by atoms with Crippen molar-refractivity contribution in [3.63, 3.8) is 0 Å². The molecule has 0 unspecified atom stereocenters. The van der Waals surface area contributed by atoms with Crippen molar-refractivity contribution in [2.45, 2.75) is 11.5 Å². The summed E-state index contributed by atoms with van der Waals surface area (Å²) in [4.78, 5) is 12.7. The van der Waals surface area contributed by atoms with E-state index in [2.05, 4.69) is 10.4 Å². The van der Waals surface area contributed by atoms with E-state index in [9.17, 15) is 17.6 Å². The van der Waals surface area contributed by atoms with Crippen molar-refractivity contribution in [2.24, 2.45) is 0 Å². The second kappa shape index (κ2) is 6.88. The maximum absolute atomic E-state index is 14.1. The van der Waals surface area contributed by atoms with E-state index in [0.29, 0.717) is 22.0 Å². The lowest BCUT2D eigenvalue weighted by Gasteiger charge is -2.12. The highest BCUT2D eigenvalue weighted by Crippen LogP contribution is 2.34. The second-order valence-corrected chi connectivity index (χ2v) is 9.15. The lowest BCUT2D eigenvalue weighted by atomic mass is 10.2. The molecule has 6 nitrogen and oxygen atoms in total. The van der Waals surface area contributed by atoms with Gasteiger partial charge >= 0.3 is 0 Å². The van der Waals surface area contributed by atoms with Gasteiger partial charge in [0.15, 0.2) is 9.84 Å². The van der Waals surface area contributed by atoms with Crippen LogP contribution in [0.3, 0.4) is 0 Å². The Morgan fingerprint density at radius 3 is 2.50 bits per heavy atom. The number of aromatic nitrogens is 2. The largest absolute Gasteiger partial charge is 0.306 e. The summed E-state index contributed by atoms with van der Waals surface area (Å²) >= 11 is 11.9. The third kappa shape index (κ3) is 3.39. The predicted octanol–water partition coefficient (Wildman–Crippen LogP) is 4.00. The number of rotatable bonds is 3. The molecule has 1 amide bonds. The third-order valence-electron chi connectivity index (χ3n) is 4.28. The molecule has 4 rings (SSSR count). The molecule has 3 aromatic rings. The Labute approximate surface area is 169 Å². The summed E-state index contributed by atoms with van der Waals surface area (Å²) in [6, 6.07) is 10.5. The highest BCUT2D eigenvalue weighted by Gasteiger charge is 2.33. The van der Waals surface area contributed by atoms with E-state index in [-0.39, 0.29) is 27.9 Å². The van der Waals surface area contributed by atoms with Crippen molar-refractivity contribution in [3.8, 4) is 5.69 Å². The molecule has 0 aliphatic carbocycles. The number of nitrogens with zero attached hydrogens (tertiary/aromatic N) is 2. The van der Waals surface area contributed by atoms with Crippen molar-refractivity contribution in [1.29, 1.82) is 0 Å². The maximum Gasteiger partial charge on any atom is 0.261 e. The Morgan fingerprint density at radius 2 is 1.82 bits per heavy atom. The van der Waals surface area contributed by atoms with E-state index in [0.717, 1.165) is 6.07 Å². The zero-order chi connectivity index (χ0) is 20.1.